The number of hydrogen-bond acceptors (Lipinski definition) is 4. The summed E-state index contributed by atoms with van der Waals surface area (Å²) in [5, 5.41) is 8.50. The number of ether oxygens (including phenoxy) is 1. The lowest BCUT2D eigenvalue weighted by molar-refractivity contribution is 0.126. The SMILES string of the molecule is CCN(CC#N)S(=O)(=O)CC1CCCO1. The van der Waals surface area contributed by atoms with Crippen molar-refractivity contribution in [1.29, 1.82) is 5.26 Å². The quantitative estimate of drug-likeness (QED) is 0.641. The van der Waals surface area contributed by atoms with E-state index in [2.05, 4.69) is 0 Å². The molecule has 1 rings (SSSR count). The maximum absolute atomic E-state index is 11.8. The van der Waals surface area contributed by atoms with Gasteiger partial charge in [-0.2, -0.15) is 9.57 Å². The van der Waals surface area contributed by atoms with Crippen LogP contribution in [0.3, 0.4) is 0 Å². The van der Waals surface area contributed by atoms with E-state index in [0.29, 0.717) is 13.2 Å². The molecule has 6 heteroatoms. The predicted octanol–water partition coefficient (Wildman–Crippen LogP) is 0.341. The van der Waals surface area contributed by atoms with Gasteiger partial charge in [-0.05, 0) is 12.8 Å². The molecule has 0 amide bonds. The van der Waals surface area contributed by atoms with Crippen molar-refractivity contribution in [3.05, 3.63) is 0 Å². The van der Waals surface area contributed by atoms with E-state index in [1.54, 1.807) is 6.92 Å². The Morgan fingerprint density at radius 2 is 2.33 bits per heavy atom. The lowest BCUT2D eigenvalue weighted by atomic mass is 10.3. The Bertz CT molecular complexity index is 328. The van der Waals surface area contributed by atoms with E-state index in [0.717, 1.165) is 12.8 Å². The molecule has 86 valence electrons. The second kappa shape index (κ2) is 5.45. The smallest absolute Gasteiger partial charge is 0.217 e. The molecule has 15 heavy (non-hydrogen) atoms. The summed E-state index contributed by atoms with van der Waals surface area (Å²) in [5.74, 6) is 0.00250. The Morgan fingerprint density at radius 3 is 2.80 bits per heavy atom. The van der Waals surface area contributed by atoms with Crippen molar-refractivity contribution in [2.24, 2.45) is 0 Å². The molecule has 5 nitrogen and oxygen atoms in total. The number of hydrogen-bond donors (Lipinski definition) is 0. The van der Waals surface area contributed by atoms with Crippen LogP contribution in [0.15, 0.2) is 0 Å². The van der Waals surface area contributed by atoms with Crippen molar-refractivity contribution in [1.82, 2.24) is 4.31 Å². The van der Waals surface area contributed by atoms with E-state index in [1.807, 2.05) is 6.07 Å². The highest BCUT2D eigenvalue weighted by Gasteiger charge is 2.27. The molecule has 1 fully saturated rings. The topological polar surface area (TPSA) is 70.4 Å². The van der Waals surface area contributed by atoms with Gasteiger partial charge in [0, 0.05) is 13.2 Å². The number of rotatable bonds is 5. The minimum atomic E-state index is -3.33. The molecule has 1 unspecified atom stereocenters. The van der Waals surface area contributed by atoms with E-state index in [1.165, 1.54) is 4.31 Å². The second-order valence-corrected chi connectivity index (χ2v) is 5.51. The fourth-order valence-corrected chi connectivity index (χ4v) is 3.19. The highest BCUT2D eigenvalue weighted by Crippen LogP contribution is 2.15. The van der Waals surface area contributed by atoms with Gasteiger partial charge in [0.1, 0.15) is 6.54 Å². The van der Waals surface area contributed by atoms with E-state index < -0.39 is 10.0 Å². The predicted molar refractivity (Wildman–Crippen MR) is 55.6 cm³/mol. The molecule has 0 N–H and O–H groups in total. The molecule has 0 radical (unpaired) electrons. The van der Waals surface area contributed by atoms with E-state index in [4.69, 9.17) is 10.00 Å². The number of nitriles is 1. The first-order chi connectivity index (χ1) is 7.10. The largest absolute Gasteiger partial charge is 0.377 e. The van der Waals surface area contributed by atoms with Crippen molar-refractivity contribution in [3.63, 3.8) is 0 Å². The van der Waals surface area contributed by atoms with Crippen LogP contribution in [0.1, 0.15) is 19.8 Å². The molecule has 0 aliphatic carbocycles. The van der Waals surface area contributed by atoms with Gasteiger partial charge in [-0.15, -0.1) is 0 Å². The van der Waals surface area contributed by atoms with Gasteiger partial charge >= 0.3 is 0 Å². The molecule has 1 saturated heterocycles. The second-order valence-electron chi connectivity index (χ2n) is 3.50. The van der Waals surface area contributed by atoms with Crippen molar-refractivity contribution in [3.8, 4) is 6.07 Å². The normalized spacial score (nSPS) is 21.8. The standard InChI is InChI=1S/C9H16N2O3S/c1-2-11(6-5-10)15(12,13)8-9-4-3-7-14-9/h9H,2-4,6-8H2,1H3. The zero-order valence-electron chi connectivity index (χ0n) is 8.85. The highest BCUT2D eigenvalue weighted by molar-refractivity contribution is 7.89. The van der Waals surface area contributed by atoms with Gasteiger partial charge in [-0.3, -0.25) is 0 Å². The van der Waals surface area contributed by atoms with Crippen LogP contribution in [0.5, 0.6) is 0 Å². The lowest BCUT2D eigenvalue weighted by Gasteiger charge is -2.19. The van der Waals surface area contributed by atoms with Gasteiger partial charge in [-0.1, -0.05) is 6.92 Å². The van der Waals surface area contributed by atoms with Crippen molar-refractivity contribution in [2.45, 2.75) is 25.9 Å². The monoisotopic (exact) mass is 232 g/mol. The van der Waals surface area contributed by atoms with Gasteiger partial charge in [0.15, 0.2) is 0 Å². The van der Waals surface area contributed by atoms with Crippen molar-refractivity contribution >= 4 is 10.0 Å². The molecule has 1 heterocycles. The average Bonchev–Trinajstić information content (AvgIpc) is 2.65. The number of nitrogens with zero attached hydrogens (tertiary/aromatic N) is 2. The summed E-state index contributed by atoms with van der Waals surface area (Å²) >= 11 is 0. The average molecular weight is 232 g/mol. The molecule has 0 saturated carbocycles. The fraction of sp³-hybridized carbons (Fsp3) is 0.889. The Kier molecular flexibility index (Phi) is 4.51. The Balaban J connectivity index is 2.60. The summed E-state index contributed by atoms with van der Waals surface area (Å²) in [4.78, 5) is 0. The zero-order valence-corrected chi connectivity index (χ0v) is 9.66. The van der Waals surface area contributed by atoms with E-state index in [-0.39, 0.29) is 18.4 Å². The van der Waals surface area contributed by atoms with Crippen LogP contribution < -0.4 is 0 Å². The molecule has 0 bridgehead atoms. The first-order valence-corrected chi connectivity index (χ1v) is 6.67. The summed E-state index contributed by atoms with van der Waals surface area (Å²) in [5.41, 5.74) is 0. The fourth-order valence-electron chi connectivity index (χ4n) is 1.60. The first kappa shape index (κ1) is 12.4. The molecule has 1 aliphatic rings. The number of sulfonamides is 1. The molecular weight excluding hydrogens is 216 g/mol. The Hall–Kier alpha value is -0.640. The van der Waals surface area contributed by atoms with Crippen LogP contribution in [0, 0.1) is 11.3 Å². The third-order valence-corrected chi connectivity index (χ3v) is 4.38. The van der Waals surface area contributed by atoms with Crippen LogP contribution in [0.2, 0.25) is 0 Å². The highest BCUT2D eigenvalue weighted by atomic mass is 32.2. The van der Waals surface area contributed by atoms with Crippen LogP contribution >= 0.6 is 0 Å². The van der Waals surface area contributed by atoms with Gasteiger partial charge in [0.25, 0.3) is 0 Å². The first-order valence-electron chi connectivity index (χ1n) is 5.06. The van der Waals surface area contributed by atoms with Crippen LogP contribution in [-0.4, -0.2) is 44.3 Å². The van der Waals surface area contributed by atoms with Crippen molar-refractivity contribution < 1.29 is 13.2 Å². The molecule has 0 spiro atoms. The summed E-state index contributed by atoms with van der Waals surface area (Å²) in [6, 6.07) is 1.86. The zero-order chi connectivity index (χ0) is 11.3. The summed E-state index contributed by atoms with van der Waals surface area (Å²) < 4.78 is 30.1. The third-order valence-electron chi connectivity index (χ3n) is 2.41. The minimum absolute atomic E-state index is 0.00250. The van der Waals surface area contributed by atoms with E-state index in [9.17, 15) is 8.42 Å². The van der Waals surface area contributed by atoms with E-state index >= 15 is 0 Å². The summed E-state index contributed by atoms with van der Waals surface area (Å²) in [6.07, 6.45) is 1.52. The molecule has 0 aromatic heterocycles. The van der Waals surface area contributed by atoms with Gasteiger partial charge in [-0.25, -0.2) is 8.42 Å². The molecule has 0 aromatic rings. The van der Waals surface area contributed by atoms with Crippen LogP contribution in [-0.2, 0) is 14.8 Å². The maximum Gasteiger partial charge on any atom is 0.217 e. The molecular formula is C9H16N2O3S. The van der Waals surface area contributed by atoms with Crippen molar-refractivity contribution in [2.75, 3.05) is 25.4 Å². The molecule has 1 atom stereocenters. The third kappa shape index (κ3) is 3.45. The lowest BCUT2D eigenvalue weighted by Crippen LogP contribution is -2.36. The van der Waals surface area contributed by atoms with Gasteiger partial charge in [0.2, 0.25) is 10.0 Å². The molecule has 0 aromatic carbocycles. The molecule has 1 aliphatic heterocycles. The minimum Gasteiger partial charge on any atom is -0.377 e. The van der Waals surface area contributed by atoms with Crippen LogP contribution in [0.4, 0.5) is 0 Å². The summed E-state index contributed by atoms with van der Waals surface area (Å²) in [6.45, 7) is 2.63. The maximum atomic E-state index is 11.8. The van der Waals surface area contributed by atoms with Gasteiger partial charge in [0.05, 0.1) is 17.9 Å². The summed E-state index contributed by atoms with van der Waals surface area (Å²) in [7, 11) is -3.33. The Morgan fingerprint density at radius 1 is 1.60 bits per heavy atom. The van der Waals surface area contributed by atoms with Crippen LogP contribution in [0.25, 0.3) is 0 Å². The van der Waals surface area contributed by atoms with Gasteiger partial charge < -0.3 is 4.74 Å². The Labute approximate surface area is 90.7 Å².